The Kier molecular flexibility index (Phi) is 5.65. The van der Waals surface area contributed by atoms with Gasteiger partial charge in [-0.3, -0.25) is 9.59 Å². The lowest BCUT2D eigenvalue weighted by atomic mass is 9.98. The molecule has 0 radical (unpaired) electrons. The van der Waals surface area contributed by atoms with Gasteiger partial charge in [-0.25, -0.2) is 0 Å². The number of para-hydroxylation sites is 1. The summed E-state index contributed by atoms with van der Waals surface area (Å²) in [7, 11) is 0. The third-order valence-corrected chi connectivity index (χ3v) is 6.66. The van der Waals surface area contributed by atoms with E-state index in [1.54, 1.807) is 17.0 Å². The van der Waals surface area contributed by atoms with Crippen LogP contribution in [0.4, 0.5) is 0 Å². The van der Waals surface area contributed by atoms with Gasteiger partial charge in [0.05, 0.1) is 36.8 Å². The van der Waals surface area contributed by atoms with Crippen LogP contribution < -0.4 is 10.3 Å². The molecule has 2 aromatic carbocycles. The van der Waals surface area contributed by atoms with Gasteiger partial charge in [-0.1, -0.05) is 40.2 Å². The zero-order chi connectivity index (χ0) is 21.4. The van der Waals surface area contributed by atoms with Gasteiger partial charge in [-0.05, 0) is 29.8 Å². The molecule has 2 aliphatic rings. The smallest absolute Gasteiger partial charge is 0.290 e. The third-order valence-electron chi connectivity index (χ3n) is 6.17. The summed E-state index contributed by atoms with van der Waals surface area (Å²) in [6.07, 6.45) is 0.854. The van der Waals surface area contributed by atoms with E-state index in [1.165, 1.54) is 4.90 Å². The number of nitrogens with zero attached hydrogens (tertiary/aromatic N) is 1. The lowest BCUT2D eigenvalue weighted by molar-refractivity contribution is -0.908. The van der Waals surface area contributed by atoms with Crippen LogP contribution in [0, 0.1) is 0 Å². The van der Waals surface area contributed by atoms with Crippen LogP contribution in [0.1, 0.15) is 34.1 Å². The molecule has 3 heterocycles. The standard InChI is InChI=1S/C24H23BrN2O4/c25-17-6-3-5-16(15-17)21-20-22(28)18-7-1-2-8-19(18)31-23(20)24(29)27(21)10-4-9-26-11-13-30-14-12-26/h1-3,5-8,15,21H,4,9-14H2/p+1/t21-/m0/s1. The van der Waals surface area contributed by atoms with Crippen molar-refractivity contribution in [1.82, 2.24) is 4.90 Å². The van der Waals surface area contributed by atoms with E-state index in [2.05, 4.69) is 15.9 Å². The van der Waals surface area contributed by atoms with Gasteiger partial charge >= 0.3 is 0 Å². The van der Waals surface area contributed by atoms with Crippen LogP contribution in [-0.4, -0.2) is 50.2 Å². The van der Waals surface area contributed by atoms with Crippen molar-refractivity contribution in [3.05, 3.63) is 80.1 Å². The number of quaternary nitrogens is 1. The lowest BCUT2D eigenvalue weighted by Gasteiger charge is -2.27. The Morgan fingerprint density at radius 2 is 1.87 bits per heavy atom. The molecule has 2 aliphatic heterocycles. The molecule has 6 nitrogen and oxygen atoms in total. The van der Waals surface area contributed by atoms with Crippen molar-refractivity contribution in [2.75, 3.05) is 39.4 Å². The van der Waals surface area contributed by atoms with Crippen molar-refractivity contribution in [3.63, 3.8) is 0 Å². The topological polar surface area (TPSA) is 64.2 Å². The molecule has 31 heavy (non-hydrogen) atoms. The normalized spacial score (nSPS) is 19.2. The van der Waals surface area contributed by atoms with Gasteiger partial charge in [0.25, 0.3) is 5.91 Å². The summed E-state index contributed by atoms with van der Waals surface area (Å²) in [4.78, 5) is 30.1. The average Bonchev–Trinajstić information content (AvgIpc) is 3.07. The maximum Gasteiger partial charge on any atom is 0.290 e. The molecule has 0 bridgehead atoms. The number of hydrogen-bond donors (Lipinski definition) is 1. The third kappa shape index (κ3) is 3.82. The number of ether oxygens (including phenoxy) is 1. The van der Waals surface area contributed by atoms with Crippen LogP contribution in [0.25, 0.3) is 11.0 Å². The Morgan fingerprint density at radius 1 is 1.06 bits per heavy atom. The number of halogens is 1. The van der Waals surface area contributed by atoms with E-state index in [9.17, 15) is 9.59 Å². The Bertz CT molecular complexity index is 1190. The van der Waals surface area contributed by atoms with Crippen molar-refractivity contribution in [1.29, 1.82) is 0 Å². The Hall–Kier alpha value is -2.48. The molecule has 1 aromatic heterocycles. The summed E-state index contributed by atoms with van der Waals surface area (Å²) < 4.78 is 12.3. The summed E-state index contributed by atoms with van der Waals surface area (Å²) in [5.74, 6) is -0.0350. The van der Waals surface area contributed by atoms with E-state index < -0.39 is 6.04 Å². The van der Waals surface area contributed by atoms with Crippen LogP contribution in [-0.2, 0) is 4.74 Å². The molecule has 1 N–H and O–H groups in total. The SMILES string of the molecule is O=C1c2oc3ccccc3c(=O)c2[C@H](c2cccc(Br)c2)N1CCC[NH+]1CCOCC1. The second-order valence-electron chi connectivity index (χ2n) is 8.09. The quantitative estimate of drug-likeness (QED) is 0.605. The first-order valence-electron chi connectivity index (χ1n) is 10.7. The monoisotopic (exact) mass is 483 g/mol. The van der Waals surface area contributed by atoms with Crippen molar-refractivity contribution < 1.29 is 18.8 Å². The highest BCUT2D eigenvalue weighted by molar-refractivity contribution is 9.10. The maximum atomic E-state index is 13.4. The first-order valence-corrected chi connectivity index (χ1v) is 11.5. The van der Waals surface area contributed by atoms with Crippen molar-refractivity contribution >= 4 is 32.8 Å². The number of carbonyl (C=O) groups excluding carboxylic acids is 1. The van der Waals surface area contributed by atoms with E-state index >= 15 is 0 Å². The predicted octanol–water partition coefficient (Wildman–Crippen LogP) is 2.41. The second-order valence-corrected chi connectivity index (χ2v) is 9.01. The molecule has 1 fully saturated rings. The highest BCUT2D eigenvalue weighted by Crippen LogP contribution is 2.38. The highest BCUT2D eigenvalue weighted by atomic mass is 79.9. The van der Waals surface area contributed by atoms with E-state index in [0.29, 0.717) is 23.1 Å². The first kappa shape index (κ1) is 20.4. The van der Waals surface area contributed by atoms with Crippen molar-refractivity contribution in [3.8, 4) is 0 Å². The molecule has 3 aromatic rings. The minimum atomic E-state index is -0.444. The Labute approximate surface area is 188 Å². The summed E-state index contributed by atoms with van der Waals surface area (Å²) in [5, 5.41) is 0.508. The molecule has 7 heteroatoms. The number of carbonyl (C=O) groups is 1. The minimum Gasteiger partial charge on any atom is -0.450 e. The molecule has 160 valence electrons. The molecule has 5 rings (SSSR count). The van der Waals surface area contributed by atoms with Crippen LogP contribution in [0.15, 0.2) is 62.2 Å². The predicted molar refractivity (Wildman–Crippen MR) is 121 cm³/mol. The van der Waals surface area contributed by atoms with Gasteiger partial charge in [0.15, 0.2) is 5.43 Å². The van der Waals surface area contributed by atoms with Crippen molar-refractivity contribution in [2.45, 2.75) is 12.5 Å². The number of nitrogens with one attached hydrogen (secondary N) is 1. The van der Waals surface area contributed by atoms with Gasteiger partial charge in [0, 0.05) is 17.4 Å². The summed E-state index contributed by atoms with van der Waals surface area (Å²) in [6.45, 7) is 5.10. The van der Waals surface area contributed by atoms with Crippen LogP contribution >= 0.6 is 15.9 Å². The molecule has 0 aliphatic carbocycles. The number of amides is 1. The fraction of sp³-hybridized carbons (Fsp3) is 0.333. The van der Waals surface area contributed by atoms with E-state index in [1.807, 2.05) is 36.4 Å². The summed E-state index contributed by atoms with van der Waals surface area (Å²) in [5.41, 5.74) is 1.67. The number of morpholine rings is 1. The average molecular weight is 484 g/mol. The number of benzene rings is 2. The Morgan fingerprint density at radius 3 is 2.68 bits per heavy atom. The fourth-order valence-corrected chi connectivity index (χ4v) is 5.05. The van der Waals surface area contributed by atoms with Crippen LogP contribution in [0.2, 0.25) is 0 Å². The molecule has 0 unspecified atom stereocenters. The molecule has 1 saturated heterocycles. The maximum absolute atomic E-state index is 13.4. The first-order chi connectivity index (χ1) is 15.1. The van der Waals surface area contributed by atoms with Crippen LogP contribution in [0.5, 0.6) is 0 Å². The van der Waals surface area contributed by atoms with Gasteiger partial charge in [0.1, 0.15) is 18.7 Å². The summed E-state index contributed by atoms with van der Waals surface area (Å²) in [6, 6.07) is 14.5. The van der Waals surface area contributed by atoms with Gasteiger partial charge in [0.2, 0.25) is 5.76 Å². The molecular formula is C24H24BrN2O4+. The van der Waals surface area contributed by atoms with Gasteiger partial charge in [-0.2, -0.15) is 0 Å². The largest absolute Gasteiger partial charge is 0.450 e. The van der Waals surface area contributed by atoms with E-state index in [-0.39, 0.29) is 17.1 Å². The number of hydrogen-bond acceptors (Lipinski definition) is 4. The fourth-order valence-electron chi connectivity index (χ4n) is 4.63. The Balaban J connectivity index is 1.53. The molecule has 1 atom stereocenters. The van der Waals surface area contributed by atoms with Crippen LogP contribution in [0.3, 0.4) is 0 Å². The molecule has 1 amide bonds. The van der Waals surface area contributed by atoms with E-state index in [4.69, 9.17) is 9.15 Å². The second kappa shape index (κ2) is 8.57. The highest BCUT2D eigenvalue weighted by Gasteiger charge is 2.42. The zero-order valence-corrected chi connectivity index (χ0v) is 18.7. The minimum absolute atomic E-state index is 0.128. The number of fused-ring (bicyclic) bond motifs is 2. The number of rotatable bonds is 5. The van der Waals surface area contributed by atoms with Gasteiger partial charge < -0.3 is 19.0 Å². The molecular weight excluding hydrogens is 460 g/mol. The molecule has 0 saturated carbocycles. The van der Waals surface area contributed by atoms with E-state index in [0.717, 1.165) is 49.3 Å². The van der Waals surface area contributed by atoms with Gasteiger partial charge in [-0.15, -0.1) is 0 Å². The lowest BCUT2D eigenvalue weighted by Crippen LogP contribution is -3.14. The summed E-state index contributed by atoms with van der Waals surface area (Å²) >= 11 is 3.53. The zero-order valence-electron chi connectivity index (χ0n) is 17.1. The molecule has 0 spiro atoms. The van der Waals surface area contributed by atoms with Crippen molar-refractivity contribution in [2.24, 2.45) is 0 Å².